The van der Waals surface area contributed by atoms with E-state index in [0.717, 1.165) is 5.56 Å². The standard InChI is InChI=1S/C23H30ClN9O4/c1-13-19(36)30-16(11-14-7-3-2-4-8-14)20(37)29-15(18(25)35)9-5-6-10-26-22-31-21(24)32-23(33-22)27-12-17(34)28-13/h2-4,7-8,13,15-16H,5-6,9-12H2,1H3,(H2,25,35)(H,28,34)(H,29,37)(H,30,36)(H2,26,27,31,32,33)/t13-,15-,16-/m0/s1. The van der Waals surface area contributed by atoms with E-state index < -0.39 is 41.8 Å². The molecule has 2 aromatic rings. The largest absolute Gasteiger partial charge is 0.368 e. The lowest BCUT2D eigenvalue weighted by Crippen LogP contribution is -2.56. The molecule has 0 aliphatic carbocycles. The number of fused-ring (bicyclic) bond motifs is 2. The maximum atomic E-state index is 13.1. The summed E-state index contributed by atoms with van der Waals surface area (Å²) in [5.74, 6) is -2.03. The first-order valence-corrected chi connectivity index (χ1v) is 12.2. The fraction of sp³-hybridized carbons (Fsp3) is 0.435. The number of carbonyl (C=O) groups excluding carboxylic acids is 4. The van der Waals surface area contributed by atoms with Crippen LogP contribution >= 0.6 is 11.6 Å². The highest BCUT2D eigenvalue weighted by atomic mass is 35.5. The predicted molar refractivity (Wildman–Crippen MR) is 136 cm³/mol. The Labute approximate surface area is 218 Å². The van der Waals surface area contributed by atoms with Gasteiger partial charge >= 0.3 is 0 Å². The van der Waals surface area contributed by atoms with Gasteiger partial charge in [-0.15, -0.1) is 0 Å². The molecule has 3 atom stereocenters. The monoisotopic (exact) mass is 531 g/mol. The molecule has 0 spiro atoms. The second kappa shape index (κ2) is 13.3. The third-order valence-electron chi connectivity index (χ3n) is 5.56. The van der Waals surface area contributed by atoms with Crippen LogP contribution in [0.15, 0.2) is 30.3 Å². The summed E-state index contributed by atoms with van der Waals surface area (Å²) in [6.07, 6.45) is 1.63. The van der Waals surface area contributed by atoms with Crippen LogP contribution in [0.1, 0.15) is 31.7 Å². The van der Waals surface area contributed by atoms with Crippen molar-refractivity contribution in [1.82, 2.24) is 30.9 Å². The van der Waals surface area contributed by atoms with Crippen LogP contribution in [-0.4, -0.2) is 69.8 Å². The van der Waals surface area contributed by atoms with Crippen molar-refractivity contribution in [3.63, 3.8) is 0 Å². The number of primary amides is 1. The quantitative estimate of drug-likeness (QED) is 0.309. The molecule has 1 aliphatic heterocycles. The lowest BCUT2D eigenvalue weighted by molar-refractivity contribution is -0.132. The van der Waals surface area contributed by atoms with Crippen LogP contribution in [-0.2, 0) is 25.6 Å². The molecule has 37 heavy (non-hydrogen) atoms. The number of aromatic nitrogens is 3. The Balaban J connectivity index is 1.80. The van der Waals surface area contributed by atoms with Gasteiger partial charge in [-0.1, -0.05) is 30.3 Å². The number of nitrogens with two attached hydrogens (primary N) is 1. The van der Waals surface area contributed by atoms with Gasteiger partial charge in [-0.05, 0) is 43.4 Å². The first-order chi connectivity index (χ1) is 17.7. The fourth-order valence-corrected chi connectivity index (χ4v) is 3.77. The van der Waals surface area contributed by atoms with Crippen LogP contribution in [0, 0.1) is 0 Å². The maximum absolute atomic E-state index is 13.1. The molecule has 0 unspecified atom stereocenters. The number of nitrogens with zero attached hydrogens (tertiary/aromatic N) is 3. The zero-order valence-electron chi connectivity index (χ0n) is 20.3. The lowest BCUT2D eigenvalue weighted by atomic mass is 10.0. The van der Waals surface area contributed by atoms with Gasteiger partial charge in [0.2, 0.25) is 40.8 Å². The predicted octanol–water partition coefficient (Wildman–Crippen LogP) is -0.265. The zero-order valence-corrected chi connectivity index (χ0v) is 21.0. The molecular formula is C23H30ClN9O4. The van der Waals surface area contributed by atoms with Crippen molar-refractivity contribution < 1.29 is 19.2 Å². The summed E-state index contributed by atoms with van der Waals surface area (Å²) in [4.78, 5) is 62.6. The number of benzene rings is 1. The molecule has 1 aromatic heterocycles. The fourth-order valence-electron chi connectivity index (χ4n) is 3.61. The van der Waals surface area contributed by atoms with E-state index in [-0.39, 0.29) is 30.1 Å². The van der Waals surface area contributed by atoms with Crippen LogP contribution in [0.25, 0.3) is 0 Å². The summed E-state index contributed by atoms with van der Waals surface area (Å²) in [7, 11) is 0. The topological polar surface area (TPSA) is 193 Å². The number of halogens is 1. The zero-order chi connectivity index (χ0) is 26.8. The van der Waals surface area contributed by atoms with Gasteiger partial charge in [-0.3, -0.25) is 19.2 Å². The van der Waals surface area contributed by atoms with E-state index in [4.69, 9.17) is 17.3 Å². The second-order valence-corrected chi connectivity index (χ2v) is 8.87. The Kier molecular flexibility index (Phi) is 9.95. The SMILES string of the molecule is C[C@@H]1NC(=O)CNc2nc(Cl)nc(n2)NCCCC[C@@H](C(N)=O)NC(=O)[C@H](Cc2ccccc2)NC1=O. The number of hydrogen-bond donors (Lipinski definition) is 6. The van der Waals surface area contributed by atoms with E-state index in [1.54, 1.807) is 0 Å². The van der Waals surface area contributed by atoms with Gasteiger partial charge in [0, 0.05) is 13.0 Å². The highest BCUT2D eigenvalue weighted by Crippen LogP contribution is 2.11. The van der Waals surface area contributed by atoms with Gasteiger partial charge in [-0.2, -0.15) is 15.0 Å². The summed E-state index contributed by atoms with van der Waals surface area (Å²) in [6.45, 7) is 1.71. The van der Waals surface area contributed by atoms with E-state index >= 15 is 0 Å². The van der Waals surface area contributed by atoms with E-state index in [1.165, 1.54) is 6.92 Å². The van der Waals surface area contributed by atoms with Crippen LogP contribution in [0.5, 0.6) is 0 Å². The Morgan fingerprint density at radius 2 is 1.68 bits per heavy atom. The molecule has 0 saturated carbocycles. The van der Waals surface area contributed by atoms with E-state index in [1.807, 2.05) is 30.3 Å². The Morgan fingerprint density at radius 1 is 0.973 bits per heavy atom. The molecule has 7 N–H and O–H groups in total. The van der Waals surface area contributed by atoms with E-state index in [0.29, 0.717) is 25.8 Å². The minimum atomic E-state index is -0.999. The van der Waals surface area contributed by atoms with Crippen molar-refractivity contribution in [2.24, 2.45) is 5.73 Å². The molecule has 3 rings (SSSR count). The molecule has 2 bridgehead atoms. The smallest absolute Gasteiger partial charge is 0.243 e. The van der Waals surface area contributed by atoms with Crippen molar-refractivity contribution in [3.8, 4) is 0 Å². The van der Waals surface area contributed by atoms with E-state index in [9.17, 15) is 19.2 Å². The Hall–Kier alpha value is -4.00. The van der Waals surface area contributed by atoms with Crippen molar-refractivity contribution in [2.45, 2.75) is 50.7 Å². The molecule has 1 aliphatic rings. The van der Waals surface area contributed by atoms with Gasteiger partial charge < -0.3 is 32.3 Å². The molecule has 0 fully saturated rings. The van der Waals surface area contributed by atoms with Crippen molar-refractivity contribution in [1.29, 1.82) is 0 Å². The average Bonchev–Trinajstić information content (AvgIpc) is 2.85. The first kappa shape index (κ1) is 27.6. The average molecular weight is 532 g/mol. The normalized spacial score (nSPS) is 22.0. The molecule has 13 nitrogen and oxygen atoms in total. The minimum absolute atomic E-state index is 0.0694. The lowest BCUT2D eigenvalue weighted by Gasteiger charge is -2.24. The van der Waals surface area contributed by atoms with Gasteiger partial charge in [-0.25, -0.2) is 0 Å². The van der Waals surface area contributed by atoms with Gasteiger partial charge in [0.05, 0.1) is 6.54 Å². The number of rotatable bonds is 3. The maximum Gasteiger partial charge on any atom is 0.243 e. The highest BCUT2D eigenvalue weighted by molar-refractivity contribution is 6.28. The second-order valence-electron chi connectivity index (χ2n) is 8.53. The molecule has 1 aromatic carbocycles. The number of anilines is 2. The Morgan fingerprint density at radius 3 is 2.38 bits per heavy atom. The first-order valence-electron chi connectivity index (χ1n) is 11.8. The number of amides is 4. The molecular weight excluding hydrogens is 502 g/mol. The van der Waals surface area contributed by atoms with Crippen molar-refractivity contribution in [3.05, 3.63) is 41.2 Å². The third kappa shape index (κ3) is 8.86. The van der Waals surface area contributed by atoms with Gasteiger partial charge in [0.1, 0.15) is 18.1 Å². The highest BCUT2D eigenvalue weighted by Gasteiger charge is 2.28. The minimum Gasteiger partial charge on any atom is -0.368 e. The van der Waals surface area contributed by atoms with Crippen LogP contribution < -0.4 is 32.3 Å². The van der Waals surface area contributed by atoms with Crippen molar-refractivity contribution in [2.75, 3.05) is 23.7 Å². The molecule has 0 saturated heterocycles. The van der Waals surface area contributed by atoms with Crippen LogP contribution in [0.4, 0.5) is 11.9 Å². The summed E-state index contributed by atoms with van der Waals surface area (Å²) in [6, 6.07) is 6.22. The van der Waals surface area contributed by atoms with Crippen LogP contribution in [0.3, 0.4) is 0 Å². The Bertz CT molecular complexity index is 1120. The summed E-state index contributed by atoms with van der Waals surface area (Å²) >= 11 is 5.95. The number of nitrogens with one attached hydrogen (secondary N) is 5. The molecule has 14 heteroatoms. The number of hydrogen-bond acceptors (Lipinski definition) is 9. The van der Waals surface area contributed by atoms with Gasteiger partial charge in [0.15, 0.2) is 0 Å². The number of carbonyl (C=O) groups is 4. The van der Waals surface area contributed by atoms with Crippen molar-refractivity contribution >= 4 is 47.1 Å². The summed E-state index contributed by atoms with van der Waals surface area (Å²) in [5, 5.41) is 13.6. The molecule has 0 radical (unpaired) electrons. The third-order valence-corrected chi connectivity index (χ3v) is 5.73. The van der Waals surface area contributed by atoms with Gasteiger partial charge in [0.25, 0.3) is 0 Å². The molecule has 198 valence electrons. The van der Waals surface area contributed by atoms with Crippen LogP contribution in [0.2, 0.25) is 5.28 Å². The summed E-state index contributed by atoms with van der Waals surface area (Å²) in [5.41, 5.74) is 6.34. The molecule has 2 heterocycles. The summed E-state index contributed by atoms with van der Waals surface area (Å²) < 4.78 is 0. The van der Waals surface area contributed by atoms with E-state index in [2.05, 4.69) is 41.5 Å². The molecule has 4 amide bonds.